The summed E-state index contributed by atoms with van der Waals surface area (Å²) in [5, 5.41) is 13.1. The van der Waals surface area contributed by atoms with Crippen LogP contribution < -0.4 is 16.0 Å². The molecule has 0 bridgehead atoms. The maximum atomic E-state index is 12.8. The van der Waals surface area contributed by atoms with Gasteiger partial charge in [-0.2, -0.15) is 5.10 Å². The number of nitrogens with zero attached hydrogens (tertiary/aromatic N) is 2. The molecule has 2 aromatic carbocycles. The maximum Gasteiger partial charge on any atom is 0.412 e. The van der Waals surface area contributed by atoms with Gasteiger partial charge in [0.25, 0.3) is 0 Å². The van der Waals surface area contributed by atoms with Crippen LogP contribution in [0.1, 0.15) is 52.8 Å². The van der Waals surface area contributed by atoms with Crippen molar-refractivity contribution in [3.05, 3.63) is 65.9 Å². The van der Waals surface area contributed by atoms with Gasteiger partial charge in [-0.25, -0.2) is 14.3 Å². The van der Waals surface area contributed by atoms with E-state index in [1.165, 1.54) is 0 Å². The first-order valence-corrected chi connectivity index (χ1v) is 11.2. The lowest BCUT2D eigenvalue weighted by molar-refractivity contribution is 0.0636. The second-order valence-electron chi connectivity index (χ2n) is 10.2. The van der Waals surface area contributed by atoms with Gasteiger partial charge >= 0.3 is 12.1 Å². The Morgan fingerprint density at radius 1 is 0.853 bits per heavy atom. The minimum atomic E-state index is -0.605. The van der Waals surface area contributed by atoms with Crippen molar-refractivity contribution in [2.45, 2.75) is 59.5 Å². The average Bonchev–Trinajstić information content (AvgIpc) is 3.10. The Morgan fingerprint density at radius 2 is 1.50 bits per heavy atom. The number of hydrogen-bond donors (Lipinski definition) is 3. The van der Waals surface area contributed by atoms with E-state index in [4.69, 9.17) is 9.84 Å². The smallest absolute Gasteiger partial charge is 0.412 e. The van der Waals surface area contributed by atoms with E-state index in [9.17, 15) is 9.59 Å². The lowest BCUT2D eigenvalue weighted by Gasteiger charge is -2.19. The molecular weight excluding hydrogens is 430 g/mol. The van der Waals surface area contributed by atoms with Crippen LogP contribution in [0.5, 0.6) is 0 Å². The lowest BCUT2D eigenvalue weighted by Crippen LogP contribution is -2.27. The van der Waals surface area contributed by atoms with Crippen LogP contribution in [0.15, 0.2) is 54.6 Å². The Morgan fingerprint density at radius 3 is 2.12 bits per heavy atom. The van der Waals surface area contributed by atoms with Crippen molar-refractivity contribution in [2.75, 3.05) is 16.0 Å². The van der Waals surface area contributed by atoms with Crippen molar-refractivity contribution < 1.29 is 14.3 Å². The van der Waals surface area contributed by atoms with E-state index >= 15 is 0 Å². The summed E-state index contributed by atoms with van der Waals surface area (Å²) < 4.78 is 7.01. The van der Waals surface area contributed by atoms with Crippen molar-refractivity contribution in [3.8, 4) is 5.69 Å². The number of amides is 3. The lowest BCUT2D eigenvalue weighted by atomic mass is 9.92. The van der Waals surface area contributed by atoms with Gasteiger partial charge in [-0.3, -0.25) is 10.6 Å². The minimum absolute atomic E-state index is 0.191. The van der Waals surface area contributed by atoms with Crippen molar-refractivity contribution in [3.63, 3.8) is 0 Å². The van der Waals surface area contributed by atoms with E-state index in [1.54, 1.807) is 49.7 Å². The SMILES string of the molecule is Cc1cccc(-n2nc(C(C)(C)C)cc2NC(=O)Nc2cccc(NC(=O)OC(C)(C)C)c2)c1. The molecule has 34 heavy (non-hydrogen) atoms. The third-order valence-corrected chi connectivity index (χ3v) is 4.73. The number of carbonyl (C=O) groups excluding carboxylic acids is 2. The number of aryl methyl sites for hydroxylation is 1. The largest absolute Gasteiger partial charge is 0.444 e. The monoisotopic (exact) mass is 463 g/mol. The molecule has 0 radical (unpaired) electrons. The van der Waals surface area contributed by atoms with Crippen LogP contribution in [0.2, 0.25) is 0 Å². The molecule has 0 saturated carbocycles. The summed E-state index contributed by atoms with van der Waals surface area (Å²) in [6.45, 7) is 13.6. The van der Waals surface area contributed by atoms with Crippen molar-refractivity contribution in [1.82, 2.24) is 9.78 Å². The number of ether oxygens (including phenoxy) is 1. The third-order valence-electron chi connectivity index (χ3n) is 4.73. The van der Waals surface area contributed by atoms with E-state index in [0.717, 1.165) is 16.9 Å². The molecule has 0 aliphatic carbocycles. The summed E-state index contributed by atoms with van der Waals surface area (Å²) in [6, 6.07) is 16.2. The molecule has 1 heterocycles. The first-order valence-electron chi connectivity index (χ1n) is 11.2. The second kappa shape index (κ2) is 9.59. The Balaban J connectivity index is 1.77. The summed E-state index contributed by atoms with van der Waals surface area (Å²) >= 11 is 0. The number of benzene rings is 2. The highest BCUT2D eigenvalue weighted by Gasteiger charge is 2.22. The van der Waals surface area contributed by atoms with E-state index in [2.05, 4.69) is 36.7 Å². The number of urea groups is 1. The Hall–Kier alpha value is -3.81. The Bertz CT molecular complexity index is 1190. The molecule has 3 aromatic rings. The molecule has 0 aliphatic rings. The van der Waals surface area contributed by atoms with Gasteiger partial charge in [-0.1, -0.05) is 39.0 Å². The quantitative estimate of drug-likeness (QED) is 0.413. The summed E-state index contributed by atoms with van der Waals surface area (Å²) in [7, 11) is 0. The van der Waals surface area contributed by atoms with Crippen molar-refractivity contribution >= 4 is 29.3 Å². The van der Waals surface area contributed by atoms with E-state index in [0.29, 0.717) is 17.2 Å². The highest BCUT2D eigenvalue weighted by atomic mass is 16.6. The van der Waals surface area contributed by atoms with Crippen molar-refractivity contribution in [1.29, 1.82) is 0 Å². The van der Waals surface area contributed by atoms with Gasteiger partial charge < -0.3 is 10.1 Å². The van der Waals surface area contributed by atoms with Crippen LogP contribution in [-0.4, -0.2) is 27.5 Å². The topological polar surface area (TPSA) is 97.3 Å². The molecule has 0 aliphatic heterocycles. The first kappa shape index (κ1) is 24.8. The number of hydrogen-bond acceptors (Lipinski definition) is 4. The summed E-state index contributed by atoms with van der Waals surface area (Å²) in [5.74, 6) is 0.552. The van der Waals surface area contributed by atoms with Gasteiger partial charge in [0, 0.05) is 22.9 Å². The number of rotatable bonds is 4. The molecule has 0 saturated heterocycles. The van der Waals surface area contributed by atoms with Gasteiger partial charge in [-0.05, 0) is 63.6 Å². The zero-order chi connectivity index (χ0) is 25.1. The highest BCUT2D eigenvalue weighted by molar-refractivity contribution is 6.00. The molecule has 3 N–H and O–H groups in total. The summed E-state index contributed by atoms with van der Waals surface area (Å²) in [5.41, 5.74) is 3.03. The summed E-state index contributed by atoms with van der Waals surface area (Å²) in [4.78, 5) is 24.9. The molecule has 0 spiro atoms. The van der Waals surface area contributed by atoms with Crippen LogP contribution >= 0.6 is 0 Å². The maximum absolute atomic E-state index is 12.8. The van der Waals surface area contributed by atoms with Crippen LogP contribution in [0, 0.1) is 6.92 Å². The van der Waals surface area contributed by atoms with Gasteiger partial charge in [0.1, 0.15) is 11.4 Å². The molecule has 8 heteroatoms. The third kappa shape index (κ3) is 6.84. The molecule has 180 valence electrons. The molecule has 3 rings (SSSR count). The highest BCUT2D eigenvalue weighted by Crippen LogP contribution is 2.27. The number of nitrogens with one attached hydrogen (secondary N) is 3. The molecule has 0 atom stereocenters. The second-order valence-corrected chi connectivity index (χ2v) is 10.2. The fraction of sp³-hybridized carbons (Fsp3) is 0.346. The van der Waals surface area contributed by atoms with Gasteiger partial charge in [0.2, 0.25) is 0 Å². The zero-order valence-corrected chi connectivity index (χ0v) is 20.8. The molecule has 8 nitrogen and oxygen atoms in total. The average molecular weight is 464 g/mol. The van der Waals surface area contributed by atoms with E-state index in [1.807, 2.05) is 37.3 Å². The number of aromatic nitrogens is 2. The first-order chi connectivity index (χ1) is 15.8. The van der Waals surface area contributed by atoms with Crippen LogP contribution in [0.25, 0.3) is 5.69 Å². The van der Waals surface area contributed by atoms with E-state index < -0.39 is 17.7 Å². The molecule has 3 amide bonds. The fourth-order valence-electron chi connectivity index (χ4n) is 3.17. The molecule has 1 aromatic heterocycles. The Labute approximate surface area is 200 Å². The molecule has 0 unspecified atom stereocenters. The van der Waals surface area contributed by atoms with Crippen molar-refractivity contribution in [2.24, 2.45) is 0 Å². The van der Waals surface area contributed by atoms with Crippen LogP contribution in [-0.2, 0) is 10.2 Å². The van der Waals surface area contributed by atoms with Crippen LogP contribution in [0.4, 0.5) is 26.8 Å². The normalized spacial score (nSPS) is 11.6. The van der Waals surface area contributed by atoms with Gasteiger partial charge in [-0.15, -0.1) is 0 Å². The van der Waals surface area contributed by atoms with Gasteiger partial charge in [0.15, 0.2) is 0 Å². The minimum Gasteiger partial charge on any atom is -0.444 e. The number of carbonyl (C=O) groups is 2. The zero-order valence-electron chi connectivity index (χ0n) is 20.8. The number of anilines is 3. The van der Waals surface area contributed by atoms with Gasteiger partial charge in [0.05, 0.1) is 11.4 Å². The van der Waals surface area contributed by atoms with Crippen LogP contribution in [0.3, 0.4) is 0 Å². The predicted octanol–water partition coefficient (Wildman–Crippen LogP) is 6.47. The fourth-order valence-corrected chi connectivity index (χ4v) is 3.17. The molecule has 0 fully saturated rings. The molecular formula is C26H33N5O3. The standard InChI is InChI=1S/C26H33N5O3/c1-17-10-8-13-20(14-17)31-22(16-21(30-31)25(2,3)4)29-23(32)27-18-11-9-12-19(15-18)28-24(33)34-26(5,6)7/h8-16H,1-7H3,(H,28,33)(H2,27,29,32). The Kier molecular flexibility index (Phi) is 7.00. The summed E-state index contributed by atoms with van der Waals surface area (Å²) in [6.07, 6.45) is -0.564. The predicted molar refractivity (Wildman–Crippen MR) is 136 cm³/mol. The van der Waals surface area contributed by atoms with E-state index in [-0.39, 0.29) is 5.41 Å².